The number of aryl methyl sites for hydroxylation is 1. The maximum Gasteiger partial charge on any atom is 0.303 e. The number of amides is 1. The second-order valence-corrected chi connectivity index (χ2v) is 7.66. The third-order valence-corrected chi connectivity index (χ3v) is 5.55. The van der Waals surface area contributed by atoms with Crippen molar-refractivity contribution in [2.45, 2.75) is 31.6 Å². The standard InChI is InChI=1S/C21H23BrN2O3/c22-18-13-14(2-8-20(25)26)1-7-19(18)24-21(27)17-5-3-15(4-6-17)16-9-11-23-12-10-16/h1,3-7,13,16,23H,2,8-12H2,(H,24,27)(H,25,26). The summed E-state index contributed by atoms with van der Waals surface area (Å²) < 4.78 is 0.741. The van der Waals surface area contributed by atoms with Crippen LogP contribution in [0.2, 0.25) is 0 Å². The molecule has 6 heteroatoms. The first kappa shape index (κ1) is 19.6. The topological polar surface area (TPSA) is 78.4 Å². The number of nitrogens with one attached hydrogen (secondary N) is 2. The maximum absolute atomic E-state index is 12.5. The molecule has 0 radical (unpaired) electrons. The van der Waals surface area contributed by atoms with E-state index in [1.807, 2.05) is 24.3 Å². The van der Waals surface area contributed by atoms with Crippen molar-refractivity contribution in [1.82, 2.24) is 5.32 Å². The van der Waals surface area contributed by atoms with Gasteiger partial charge >= 0.3 is 5.97 Å². The third kappa shape index (κ3) is 5.40. The predicted octanol–water partition coefficient (Wildman–Crippen LogP) is 4.19. The van der Waals surface area contributed by atoms with Crippen LogP contribution in [0.5, 0.6) is 0 Å². The first-order chi connectivity index (χ1) is 13.0. The molecule has 0 saturated carbocycles. The number of rotatable bonds is 6. The van der Waals surface area contributed by atoms with Crippen LogP contribution in [0.25, 0.3) is 0 Å². The van der Waals surface area contributed by atoms with Gasteiger partial charge in [0.2, 0.25) is 0 Å². The molecule has 2 aromatic carbocycles. The highest BCUT2D eigenvalue weighted by molar-refractivity contribution is 9.10. The Hall–Kier alpha value is -2.18. The molecule has 27 heavy (non-hydrogen) atoms. The normalized spacial score (nSPS) is 14.7. The fraction of sp³-hybridized carbons (Fsp3) is 0.333. The molecule has 0 aromatic heterocycles. The summed E-state index contributed by atoms with van der Waals surface area (Å²) in [7, 11) is 0. The van der Waals surface area contributed by atoms with Crippen molar-refractivity contribution in [1.29, 1.82) is 0 Å². The number of hydrogen-bond donors (Lipinski definition) is 3. The molecule has 1 aliphatic heterocycles. The molecule has 0 spiro atoms. The highest BCUT2D eigenvalue weighted by atomic mass is 79.9. The number of halogens is 1. The lowest BCUT2D eigenvalue weighted by Crippen LogP contribution is -2.26. The number of carboxylic acids is 1. The molecule has 1 heterocycles. The van der Waals surface area contributed by atoms with Gasteiger partial charge in [0, 0.05) is 16.5 Å². The van der Waals surface area contributed by atoms with Crippen molar-refractivity contribution in [3.05, 3.63) is 63.6 Å². The smallest absolute Gasteiger partial charge is 0.303 e. The molecule has 3 rings (SSSR count). The van der Waals surface area contributed by atoms with Crippen molar-refractivity contribution in [2.24, 2.45) is 0 Å². The van der Waals surface area contributed by atoms with E-state index in [4.69, 9.17) is 5.11 Å². The van der Waals surface area contributed by atoms with Crippen molar-refractivity contribution in [3.8, 4) is 0 Å². The van der Waals surface area contributed by atoms with Gasteiger partial charge in [-0.3, -0.25) is 9.59 Å². The zero-order valence-electron chi connectivity index (χ0n) is 15.0. The van der Waals surface area contributed by atoms with E-state index >= 15 is 0 Å². The Morgan fingerprint density at radius 3 is 2.44 bits per heavy atom. The summed E-state index contributed by atoms with van der Waals surface area (Å²) in [6.45, 7) is 2.09. The lowest BCUT2D eigenvalue weighted by Gasteiger charge is -2.23. The van der Waals surface area contributed by atoms with Crippen LogP contribution in [0, 0.1) is 0 Å². The number of carbonyl (C=O) groups excluding carboxylic acids is 1. The van der Waals surface area contributed by atoms with E-state index in [2.05, 4.69) is 38.7 Å². The van der Waals surface area contributed by atoms with Crippen molar-refractivity contribution >= 4 is 33.5 Å². The summed E-state index contributed by atoms with van der Waals surface area (Å²) >= 11 is 3.45. The number of anilines is 1. The Bertz CT molecular complexity index is 815. The van der Waals surface area contributed by atoms with Gasteiger partial charge in [-0.15, -0.1) is 0 Å². The lowest BCUT2D eigenvalue weighted by atomic mass is 9.90. The molecule has 2 aromatic rings. The largest absolute Gasteiger partial charge is 0.481 e. The van der Waals surface area contributed by atoms with E-state index in [-0.39, 0.29) is 12.3 Å². The average molecular weight is 431 g/mol. The first-order valence-corrected chi connectivity index (χ1v) is 9.94. The number of hydrogen-bond acceptors (Lipinski definition) is 3. The van der Waals surface area contributed by atoms with E-state index in [1.54, 1.807) is 6.07 Å². The molecule has 0 bridgehead atoms. The molecule has 1 saturated heterocycles. The molecule has 3 N–H and O–H groups in total. The Labute approximate surface area is 167 Å². The lowest BCUT2D eigenvalue weighted by molar-refractivity contribution is -0.136. The molecule has 1 fully saturated rings. The van der Waals surface area contributed by atoms with Crippen LogP contribution in [0.1, 0.15) is 46.7 Å². The van der Waals surface area contributed by atoms with Gasteiger partial charge in [0.1, 0.15) is 0 Å². The highest BCUT2D eigenvalue weighted by Gasteiger charge is 2.16. The van der Waals surface area contributed by atoms with Crippen LogP contribution in [-0.2, 0) is 11.2 Å². The van der Waals surface area contributed by atoms with Gasteiger partial charge in [0.05, 0.1) is 5.69 Å². The van der Waals surface area contributed by atoms with E-state index in [0.717, 1.165) is 36.0 Å². The van der Waals surface area contributed by atoms with E-state index in [0.29, 0.717) is 23.6 Å². The van der Waals surface area contributed by atoms with Gasteiger partial charge in [-0.2, -0.15) is 0 Å². The van der Waals surface area contributed by atoms with Gasteiger partial charge < -0.3 is 15.7 Å². The van der Waals surface area contributed by atoms with Crippen LogP contribution < -0.4 is 10.6 Å². The number of carbonyl (C=O) groups is 2. The van der Waals surface area contributed by atoms with Crippen LogP contribution in [0.15, 0.2) is 46.9 Å². The van der Waals surface area contributed by atoms with Crippen LogP contribution in [-0.4, -0.2) is 30.1 Å². The summed E-state index contributed by atoms with van der Waals surface area (Å²) in [5.41, 5.74) is 3.49. The minimum atomic E-state index is -0.823. The van der Waals surface area contributed by atoms with Crippen LogP contribution >= 0.6 is 15.9 Å². The number of benzene rings is 2. The molecule has 1 aliphatic rings. The van der Waals surface area contributed by atoms with E-state index in [1.165, 1.54) is 5.56 Å². The number of piperidine rings is 1. The maximum atomic E-state index is 12.5. The third-order valence-electron chi connectivity index (χ3n) is 4.89. The van der Waals surface area contributed by atoms with Gasteiger partial charge in [-0.05, 0) is 89.6 Å². The van der Waals surface area contributed by atoms with Gasteiger partial charge in [-0.1, -0.05) is 18.2 Å². The van der Waals surface area contributed by atoms with E-state index < -0.39 is 5.97 Å². The zero-order chi connectivity index (χ0) is 19.2. The Balaban J connectivity index is 1.63. The SMILES string of the molecule is O=C(O)CCc1ccc(NC(=O)c2ccc(C3CCNCC3)cc2)c(Br)c1. The Kier molecular flexibility index (Phi) is 6.63. The van der Waals surface area contributed by atoms with Crippen molar-refractivity contribution < 1.29 is 14.7 Å². The predicted molar refractivity (Wildman–Crippen MR) is 109 cm³/mol. The summed E-state index contributed by atoms with van der Waals surface area (Å²) in [6, 6.07) is 13.3. The Morgan fingerprint density at radius 1 is 1.11 bits per heavy atom. The second-order valence-electron chi connectivity index (χ2n) is 6.81. The van der Waals surface area contributed by atoms with E-state index in [9.17, 15) is 9.59 Å². The molecule has 5 nitrogen and oxygen atoms in total. The minimum Gasteiger partial charge on any atom is -0.481 e. The molecular formula is C21H23BrN2O3. The monoisotopic (exact) mass is 430 g/mol. The molecule has 142 valence electrons. The molecule has 0 aliphatic carbocycles. The second kappa shape index (κ2) is 9.15. The van der Waals surface area contributed by atoms with Gasteiger partial charge in [-0.25, -0.2) is 0 Å². The zero-order valence-corrected chi connectivity index (χ0v) is 16.6. The fourth-order valence-electron chi connectivity index (χ4n) is 3.32. The van der Waals surface area contributed by atoms with Crippen molar-refractivity contribution in [3.63, 3.8) is 0 Å². The summed E-state index contributed by atoms with van der Waals surface area (Å²) in [5.74, 6) is -0.418. The molecule has 1 amide bonds. The van der Waals surface area contributed by atoms with Gasteiger partial charge in [0.25, 0.3) is 5.91 Å². The van der Waals surface area contributed by atoms with Crippen LogP contribution in [0.3, 0.4) is 0 Å². The highest BCUT2D eigenvalue weighted by Crippen LogP contribution is 2.27. The summed E-state index contributed by atoms with van der Waals surface area (Å²) in [5, 5.41) is 15.0. The number of aliphatic carboxylic acids is 1. The fourth-order valence-corrected chi connectivity index (χ4v) is 3.85. The molecular weight excluding hydrogens is 408 g/mol. The summed E-state index contributed by atoms with van der Waals surface area (Å²) in [4.78, 5) is 23.2. The number of carboxylic acid groups (broad SMARTS) is 1. The van der Waals surface area contributed by atoms with Gasteiger partial charge in [0.15, 0.2) is 0 Å². The Morgan fingerprint density at radius 2 is 1.81 bits per heavy atom. The first-order valence-electron chi connectivity index (χ1n) is 9.15. The summed E-state index contributed by atoms with van der Waals surface area (Å²) in [6.07, 6.45) is 2.81. The minimum absolute atomic E-state index is 0.0849. The quantitative estimate of drug-likeness (QED) is 0.641. The average Bonchev–Trinajstić information content (AvgIpc) is 2.69. The van der Waals surface area contributed by atoms with Crippen LogP contribution in [0.4, 0.5) is 5.69 Å². The molecule has 0 unspecified atom stereocenters. The molecule has 0 atom stereocenters. The van der Waals surface area contributed by atoms with Crippen molar-refractivity contribution in [2.75, 3.05) is 18.4 Å².